The molecule has 0 radical (unpaired) electrons. The Balaban J connectivity index is 1.78. The van der Waals surface area contributed by atoms with Crippen LogP contribution in [0.25, 0.3) is 11.1 Å². The van der Waals surface area contributed by atoms with Gasteiger partial charge in [-0.25, -0.2) is 9.18 Å². The standard InChI is InChI=1S/C26H18Cl2FNO4/c1-34-23-6-3-15(16-10-17(25(32)33)12-20(29)11-16)9-18(23)14-26(7-2-8-30-26)24(31)21-5-4-19(27)13-22(21)28/h2-13H,14H2,1H3,(H,32,33). The molecule has 8 heteroatoms. The van der Waals surface area contributed by atoms with Crippen LogP contribution in [-0.4, -0.2) is 35.7 Å². The number of nitrogens with zero attached hydrogens (tertiary/aromatic N) is 1. The van der Waals surface area contributed by atoms with Gasteiger partial charge in [-0.05, 0) is 77.4 Å². The second kappa shape index (κ2) is 9.41. The molecule has 172 valence electrons. The van der Waals surface area contributed by atoms with Gasteiger partial charge in [0.25, 0.3) is 0 Å². The van der Waals surface area contributed by atoms with E-state index >= 15 is 0 Å². The predicted octanol–water partition coefficient (Wildman–Crippen LogP) is 6.31. The zero-order valence-electron chi connectivity index (χ0n) is 17.9. The van der Waals surface area contributed by atoms with Crippen molar-refractivity contribution in [1.29, 1.82) is 0 Å². The largest absolute Gasteiger partial charge is 0.496 e. The molecule has 0 bridgehead atoms. The summed E-state index contributed by atoms with van der Waals surface area (Å²) >= 11 is 12.3. The van der Waals surface area contributed by atoms with Crippen molar-refractivity contribution in [2.24, 2.45) is 4.99 Å². The van der Waals surface area contributed by atoms with E-state index in [1.807, 2.05) is 0 Å². The molecular formula is C26H18Cl2FNO4. The van der Waals surface area contributed by atoms with Crippen molar-refractivity contribution >= 4 is 41.2 Å². The molecule has 0 amide bonds. The number of aliphatic imine (C=N–C) groups is 1. The van der Waals surface area contributed by atoms with E-state index in [2.05, 4.69) is 4.99 Å². The number of ether oxygens (including phenoxy) is 1. The first-order valence-corrected chi connectivity index (χ1v) is 10.9. The first-order valence-electron chi connectivity index (χ1n) is 10.2. The number of allylic oxidation sites excluding steroid dienone is 1. The minimum Gasteiger partial charge on any atom is -0.496 e. The number of hydrogen-bond donors (Lipinski definition) is 1. The number of halogens is 3. The lowest BCUT2D eigenvalue weighted by Gasteiger charge is -2.25. The molecule has 1 atom stereocenters. The predicted molar refractivity (Wildman–Crippen MR) is 130 cm³/mol. The van der Waals surface area contributed by atoms with Gasteiger partial charge in [0.05, 0.1) is 17.7 Å². The fraction of sp³-hybridized carbons (Fsp3) is 0.115. The molecule has 34 heavy (non-hydrogen) atoms. The van der Waals surface area contributed by atoms with Crippen LogP contribution in [0.3, 0.4) is 0 Å². The minimum absolute atomic E-state index is 0.135. The number of methoxy groups -OCH3 is 1. The molecule has 1 N–H and O–H groups in total. The quantitative estimate of drug-likeness (QED) is 0.388. The normalized spacial score (nSPS) is 16.6. The Morgan fingerprint density at radius 1 is 1.06 bits per heavy atom. The monoisotopic (exact) mass is 497 g/mol. The Morgan fingerprint density at radius 3 is 2.50 bits per heavy atom. The number of aromatic carboxylic acids is 1. The summed E-state index contributed by atoms with van der Waals surface area (Å²) in [4.78, 5) is 29.4. The molecule has 0 fully saturated rings. The SMILES string of the molecule is COc1ccc(-c2cc(F)cc(C(=O)O)c2)cc1CC1(C(=O)c2ccc(Cl)cc2Cl)C=CC=N1. The van der Waals surface area contributed by atoms with Crippen LogP contribution < -0.4 is 4.74 Å². The van der Waals surface area contributed by atoms with Crippen LogP contribution in [0.15, 0.2) is 71.7 Å². The molecule has 0 aromatic heterocycles. The number of benzene rings is 3. The van der Waals surface area contributed by atoms with Gasteiger partial charge in [-0.1, -0.05) is 29.3 Å². The van der Waals surface area contributed by atoms with E-state index in [-0.39, 0.29) is 28.4 Å². The van der Waals surface area contributed by atoms with E-state index in [1.54, 1.807) is 48.7 Å². The maximum Gasteiger partial charge on any atom is 0.335 e. The van der Waals surface area contributed by atoms with E-state index < -0.39 is 17.3 Å². The van der Waals surface area contributed by atoms with Gasteiger partial charge in [0, 0.05) is 23.2 Å². The van der Waals surface area contributed by atoms with E-state index in [9.17, 15) is 19.1 Å². The average molecular weight is 498 g/mol. The van der Waals surface area contributed by atoms with E-state index in [0.29, 0.717) is 27.5 Å². The zero-order valence-corrected chi connectivity index (χ0v) is 19.4. The summed E-state index contributed by atoms with van der Waals surface area (Å²) in [6, 6.07) is 13.4. The first kappa shape index (κ1) is 23.7. The zero-order chi connectivity index (χ0) is 24.5. The molecule has 0 saturated carbocycles. The van der Waals surface area contributed by atoms with E-state index in [1.165, 1.54) is 25.3 Å². The molecule has 0 saturated heterocycles. The molecule has 3 aromatic carbocycles. The van der Waals surface area contributed by atoms with Crippen molar-refractivity contribution in [1.82, 2.24) is 0 Å². The molecule has 3 aromatic rings. The molecule has 1 heterocycles. The molecule has 4 rings (SSSR count). The topological polar surface area (TPSA) is 76.0 Å². The molecule has 0 spiro atoms. The van der Waals surface area contributed by atoms with Crippen molar-refractivity contribution < 1.29 is 23.8 Å². The van der Waals surface area contributed by atoms with Crippen LogP contribution in [0.1, 0.15) is 26.3 Å². The lowest BCUT2D eigenvalue weighted by molar-refractivity contribution is 0.0696. The van der Waals surface area contributed by atoms with Crippen LogP contribution in [0.5, 0.6) is 5.75 Å². The molecule has 1 unspecified atom stereocenters. The second-order valence-electron chi connectivity index (χ2n) is 7.75. The summed E-state index contributed by atoms with van der Waals surface area (Å²) in [6.45, 7) is 0. The highest BCUT2D eigenvalue weighted by Crippen LogP contribution is 2.36. The first-order chi connectivity index (χ1) is 16.2. The Morgan fingerprint density at radius 2 is 1.85 bits per heavy atom. The van der Waals surface area contributed by atoms with Crippen LogP contribution in [0.4, 0.5) is 4.39 Å². The third-order valence-electron chi connectivity index (χ3n) is 5.55. The van der Waals surface area contributed by atoms with Gasteiger partial charge in [-0.2, -0.15) is 0 Å². The van der Waals surface area contributed by atoms with Crippen molar-refractivity contribution in [2.75, 3.05) is 7.11 Å². The van der Waals surface area contributed by atoms with Gasteiger partial charge in [0.15, 0.2) is 5.78 Å². The second-order valence-corrected chi connectivity index (χ2v) is 8.60. The van der Waals surface area contributed by atoms with Gasteiger partial charge in [0.1, 0.15) is 17.1 Å². The Labute approximate surface area is 205 Å². The van der Waals surface area contributed by atoms with Gasteiger partial charge in [0.2, 0.25) is 0 Å². The van der Waals surface area contributed by atoms with Crippen molar-refractivity contribution in [3.63, 3.8) is 0 Å². The summed E-state index contributed by atoms with van der Waals surface area (Å²) < 4.78 is 19.6. The molecular weight excluding hydrogens is 480 g/mol. The number of Topliss-reactive ketones (excluding diaryl/α,β-unsaturated/α-hetero) is 1. The lowest BCUT2D eigenvalue weighted by atomic mass is 9.83. The maximum atomic E-state index is 14.1. The third kappa shape index (κ3) is 4.60. The fourth-order valence-corrected chi connectivity index (χ4v) is 4.41. The number of carbonyl (C=O) groups is 2. The number of carboxylic acids is 1. The van der Waals surface area contributed by atoms with Crippen LogP contribution in [0, 0.1) is 5.82 Å². The average Bonchev–Trinajstić information content (AvgIpc) is 3.28. The molecule has 1 aliphatic heterocycles. The molecule has 1 aliphatic rings. The lowest BCUT2D eigenvalue weighted by Crippen LogP contribution is -2.36. The number of rotatable bonds is 7. The maximum absolute atomic E-state index is 14.1. The van der Waals surface area contributed by atoms with Crippen molar-refractivity contribution in [2.45, 2.75) is 12.0 Å². The summed E-state index contributed by atoms with van der Waals surface area (Å²) in [6.07, 6.45) is 5.06. The van der Waals surface area contributed by atoms with E-state index in [0.717, 1.165) is 6.07 Å². The number of ketones is 1. The van der Waals surface area contributed by atoms with Crippen LogP contribution in [0.2, 0.25) is 10.0 Å². The van der Waals surface area contributed by atoms with Crippen molar-refractivity contribution in [3.8, 4) is 16.9 Å². The Hall–Kier alpha value is -3.48. The van der Waals surface area contributed by atoms with E-state index in [4.69, 9.17) is 27.9 Å². The van der Waals surface area contributed by atoms with Gasteiger partial charge in [-0.15, -0.1) is 0 Å². The summed E-state index contributed by atoms with van der Waals surface area (Å²) in [5, 5.41) is 9.91. The summed E-state index contributed by atoms with van der Waals surface area (Å²) in [5.41, 5.74) is 0.422. The van der Waals surface area contributed by atoms with Crippen LogP contribution >= 0.6 is 23.2 Å². The van der Waals surface area contributed by atoms with Crippen LogP contribution in [-0.2, 0) is 6.42 Å². The minimum atomic E-state index is -1.27. The van der Waals surface area contributed by atoms with Gasteiger partial charge < -0.3 is 9.84 Å². The Kier molecular flexibility index (Phi) is 6.55. The highest BCUT2D eigenvalue weighted by Gasteiger charge is 2.39. The highest BCUT2D eigenvalue weighted by atomic mass is 35.5. The summed E-state index contributed by atoms with van der Waals surface area (Å²) in [7, 11) is 1.50. The van der Waals surface area contributed by atoms with Gasteiger partial charge in [-0.3, -0.25) is 9.79 Å². The number of carboxylic acid groups (broad SMARTS) is 1. The summed E-state index contributed by atoms with van der Waals surface area (Å²) in [5.74, 6) is -1.71. The number of carbonyl (C=O) groups excluding carboxylic acids is 1. The van der Waals surface area contributed by atoms with Gasteiger partial charge >= 0.3 is 5.97 Å². The number of hydrogen-bond acceptors (Lipinski definition) is 4. The highest BCUT2D eigenvalue weighted by molar-refractivity contribution is 6.37. The Bertz CT molecular complexity index is 1350. The molecule has 5 nitrogen and oxygen atoms in total. The fourth-order valence-electron chi connectivity index (χ4n) is 3.91. The molecule has 0 aliphatic carbocycles. The third-order valence-corrected chi connectivity index (χ3v) is 6.10. The smallest absolute Gasteiger partial charge is 0.335 e. The van der Waals surface area contributed by atoms with Crippen molar-refractivity contribution in [3.05, 3.63) is 99.3 Å².